The van der Waals surface area contributed by atoms with Gasteiger partial charge in [0.15, 0.2) is 0 Å². The highest BCUT2D eigenvalue weighted by Gasteiger charge is 2.42. The summed E-state index contributed by atoms with van der Waals surface area (Å²) in [5.74, 6) is -0.311. The molecule has 1 saturated carbocycles. The topological polar surface area (TPSA) is 72.7 Å². The number of tetrazole rings is 1. The number of hydrogen-bond donors (Lipinski definition) is 1. The number of benzene rings is 1. The van der Waals surface area contributed by atoms with Crippen LogP contribution < -0.4 is 5.32 Å². The molecule has 1 aromatic carbocycles. The predicted octanol–water partition coefficient (Wildman–Crippen LogP) is 2.99. The van der Waals surface area contributed by atoms with Gasteiger partial charge in [-0.15, -0.1) is 5.10 Å². The fraction of sp³-hybridized carbons (Fsp3) is 0.467. The molecule has 0 atom stereocenters. The Kier molecular flexibility index (Phi) is 4.25. The van der Waals surface area contributed by atoms with Gasteiger partial charge in [0.1, 0.15) is 11.9 Å². The molecule has 6 nitrogen and oxygen atoms in total. The lowest BCUT2D eigenvalue weighted by Gasteiger charge is -2.35. The van der Waals surface area contributed by atoms with Crippen molar-refractivity contribution in [3.8, 4) is 0 Å². The molecule has 2 aromatic rings. The first-order valence-corrected chi connectivity index (χ1v) is 7.64. The first-order valence-electron chi connectivity index (χ1n) is 7.64. The van der Waals surface area contributed by atoms with E-state index in [9.17, 15) is 18.0 Å². The average Bonchev–Trinajstić information content (AvgIpc) is 3.10. The fourth-order valence-corrected chi connectivity index (χ4v) is 3.04. The van der Waals surface area contributed by atoms with Crippen LogP contribution in [0.5, 0.6) is 0 Å². The number of nitrogens with zero attached hydrogens (tertiary/aromatic N) is 4. The molecule has 1 N–H and O–H groups in total. The van der Waals surface area contributed by atoms with Crippen LogP contribution in [0.15, 0.2) is 30.6 Å². The molecule has 1 heterocycles. The summed E-state index contributed by atoms with van der Waals surface area (Å²) in [4.78, 5) is 12.8. The molecule has 9 heteroatoms. The molecule has 0 spiro atoms. The van der Waals surface area contributed by atoms with Gasteiger partial charge in [-0.05, 0) is 47.5 Å². The molecule has 3 rings (SSSR count). The Balaban J connectivity index is 1.82. The summed E-state index contributed by atoms with van der Waals surface area (Å²) in [6.07, 6.45) is 0.921. The van der Waals surface area contributed by atoms with Gasteiger partial charge in [-0.25, -0.2) is 4.68 Å². The van der Waals surface area contributed by atoms with Gasteiger partial charge in [-0.1, -0.05) is 19.3 Å². The number of nitrogens with one attached hydrogen (secondary N) is 1. The van der Waals surface area contributed by atoms with Crippen molar-refractivity contribution in [1.29, 1.82) is 0 Å². The third kappa shape index (κ3) is 3.10. The van der Waals surface area contributed by atoms with Gasteiger partial charge in [0.05, 0.1) is 5.56 Å². The zero-order valence-corrected chi connectivity index (χ0v) is 12.8. The summed E-state index contributed by atoms with van der Waals surface area (Å²) in [7, 11) is 0. The van der Waals surface area contributed by atoms with Gasteiger partial charge in [0.25, 0.3) is 5.91 Å². The van der Waals surface area contributed by atoms with Crippen LogP contribution in [0.3, 0.4) is 0 Å². The van der Waals surface area contributed by atoms with E-state index in [-0.39, 0.29) is 5.91 Å². The first-order chi connectivity index (χ1) is 11.4. The number of hydrogen-bond acceptors (Lipinski definition) is 4. The van der Waals surface area contributed by atoms with Crippen LogP contribution in [-0.2, 0) is 16.5 Å². The minimum atomic E-state index is -4.40. The summed E-state index contributed by atoms with van der Waals surface area (Å²) >= 11 is 0. The highest BCUT2D eigenvalue weighted by Crippen LogP contribution is 2.35. The highest BCUT2D eigenvalue weighted by atomic mass is 19.4. The van der Waals surface area contributed by atoms with Crippen molar-refractivity contribution >= 4 is 11.6 Å². The zero-order chi connectivity index (χ0) is 17.2. The summed E-state index contributed by atoms with van der Waals surface area (Å²) in [6, 6.07) is 4.38. The SMILES string of the molecule is O=C(Nc1ccc(C(F)(F)F)cc1)C1(n2cnnn2)CCCCC1. The van der Waals surface area contributed by atoms with E-state index in [1.807, 2.05) is 0 Å². The Morgan fingerprint density at radius 3 is 2.33 bits per heavy atom. The van der Waals surface area contributed by atoms with E-state index < -0.39 is 17.3 Å². The maximum Gasteiger partial charge on any atom is 0.416 e. The lowest BCUT2D eigenvalue weighted by atomic mass is 9.81. The Morgan fingerprint density at radius 1 is 1.12 bits per heavy atom. The smallest absolute Gasteiger partial charge is 0.324 e. The van der Waals surface area contributed by atoms with Crippen molar-refractivity contribution in [2.75, 3.05) is 5.32 Å². The van der Waals surface area contributed by atoms with E-state index in [4.69, 9.17) is 0 Å². The van der Waals surface area contributed by atoms with Crippen LogP contribution in [0.2, 0.25) is 0 Å². The van der Waals surface area contributed by atoms with Crippen LogP contribution in [0, 0.1) is 0 Å². The Bertz CT molecular complexity index is 691. The number of alkyl halides is 3. The number of rotatable bonds is 3. The number of anilines is 1. The molecular formula is C15H16F3N5O. The summed E-state index contributed by atoms with van der Waals surface area (Å²) in [5, 5.41) is 13.8. The molecule has 0 aliphatic heterocycles. The van der Waals surface area contributed by atoms with Crippen LogP contribution in [-0.4, -0.2) is 26.1 Å². The number of carbonyl (C=O) groups is 1. The normalized spacial score (nSPS) is 17.5. The fourth-order valence-electron chi connectivity index (χ4n) is 3.04. The average molecular weight is 339 g/mol. The van der Waals surface area contributed by atoms with Crippen molar-refractivity contribution in [3.63, 3.8) is 0 Å². The quantitative estimate of drug-likeness (QED) is 0.933. The van der Waals surface area contributed by atoms with E-state index in [0.29, 0.717) is 18.5 Å². The van der Waals surface area contributed by atoms with Crippen LogP contribution in [0.25, 0.3) is 0 Å². The molecular weight excluding hydrogens is 323 g/mol. The molecule has 0 unspecified atom stereocenters. The largest absolute Gasteiger partial charge is 0.416 e. The van der Waals surface area contributed by atoms with Gasteiger partial charge in [0, 0.05) is 5.69 Å². The Morgan fingerprint density at radius 2 is 1.79 bits per heavy atom. The summed E-state index contributed by atoms with van der Waals surface area (Å²) < 4.78 is 39.3. The van der Waals surface area contributed by atoms with Crippen molar-refractivity contribution < 1.29 is 18.0 Å². The molecule has 128 valence electrons. The first kappa shape index (κ1) is 16.4. The van der Waals surface area contributed by atoms with Gasteiger partial charge in [0.2, 0.25) is 0 Å². The predicted molar refractivity (Wildman–Crippen MR) is 78.9 cm³/mol. The lowest BCUT2D eigenvalue weighted by molar-refractivity contribution is -0.137. The number of amides is 1. The Labute approximate surface area is 136 Å². The molecule has 1 aromatic heterocycles. The monoisotopic (exact) mass is 339 g/mol. The van der Waals surface area contributed by atoms with Crippen molar-refractivity contribution in [2.45, 2.75) is 43.8 Å². The minimum absolute atomic E-state index is 0.311. The summed E-state index contributed by atoms with van der Waals surface area (Å²) in [6.45, 7) is 0. The number of carbonyl (C=O) groups excluding carboxylic acids is 1. The van der Waals surface area contributed by atoms with E-state index in [1.165, 1.54) is 23.1 Å². The van der Waals surface area contributed by atoms with E-state index in [0.717, 1.165) is 31.4 Å². The van der Waals surface area contributed by atoms with Crippen molar-refractivity contribution in [1.82, 2.24) is 20.2 Å². The molecule has 0 saturated heterocycles. The Hall–Kier alpha value is -2.45. The second-order valence-electron chi connectivity index (χ2n) is 5.88. The molecule has 0 radical (unpaired) electrons. The maximum atomic E-state index is 12.8. The molecule has 1 fully saturated rings. The van der Waals surface area contributed by atoms with Crippen molar-refractivity contribution in [3.05, 3.63) is 36.2 Å². The minimum Gasteiger partial charge on any atom is -0.324 e. The van der Waals surface area contributed by atoms with Crippen LogP contribution in [0.1, 0.15) is 37.7 Å². The third-order valence-corrected chi connectivity index (χ3v) is 4.36. The lowest BCUT2D eigenvalue weighted by Crippen LogP contribution is -2.47. The van der Waals surface area contributed by atoms with Gasteiger partial charge in [-0.2, -0.15) is 13.2 Å². The van der Waals surface area contributed by atoms with Gasteiger partial charge < -0.3 is 5.32 Å². The zero-order valence-electron chi connectivity index (χ0n) is 12.8. The van der Waals surface area contributed by atoms with Gasteiger partial charge >= 0.3 is 6.18 Å². The van der Waals surface area contributed by atoms with E-state index >= 15 is 0 Å². The van der Waals surface area contributed by atoms with Gasteiger partial charge in [-0.3, -0.25) is 4.79 Å². The molecule has 0 bridgehead atoms. The highest BCUT2D eigenvalue weighted by molar-refractivity contribution is 5.96. The third-order valence-electron chi connectivity index (χ3n) is 4.36. The van der Waals surface area contributed by atoms with Crippen LogP contribution in [0.4, 0.5) is 18.9 Å². The maximum absolute atomic E-state index is 12.8. The second-order valence-corrected chi connectivity index (χ2v) is 5.88. The van der Waals surface area contributed by atoms with E-state index in [2.05, 4.69) is 20.8 Å². The summed E-state index contributed by atoms with van der Waals surface area (Å²) in [5.41, 5.74) is -1.34. The molecule has 1 aliphatic rings. The molecule has 1 aliphatic carbocycles. The number of halogens is 3. The standard InChI is InChI=1S/C15H16F3N5O/c16-15(17,18)11-4-6-12(7-5-11)20-13(24)14(8-2-1-3-9-14)23-10-19-21-22-23/h4-7,10H,1-3,8-9H2,(H,20,24). The van der Waals surface area contributed by atoms with Crippen molar-refractivity contribution in [2.24, 2.45) is 0 Å². The number of aromatic nitrogens is 4. The van der Waals surface area contributed by atoms with Crippen LogP contribution >= 0.6 is 0 Å². The molecule has 24 heavy (non-hydrogen) atoms. The molecule has 1 amide bonds. The van der Waals surface area contributed by atoms with E-state index in [1.54, 1.807) is 0 Å². The second kappa shape index (κ2) is 6.21.